The number of aliphatic hydroxyl groups is 1. The van der Waals surface area contributed by atoms with Crippen LogP contribution in [-0.2, 0) is 6.42 Å². The van der Waals surface area contributed by atoms with Gasteiger partial charge >= 0.3 is 6.03 Å². The van der Waals surface area contributed by atoms with Crippen LogP contribution in [0.15, 0.2) is 24.4 Å². The van der Waals surface area contributed by atoms with Gasteiger partial charge in [-0.05, 0) is 36.3 Å². The molecule has 5 heteroatoms. The van der Waals surface area contributed by atoms with E-state index in [-0.39, 0.29) is 18.1 Å². The van der Waals surface area contributed by atoms with Crippen molar-refractivity contribution >= 4 is 16.9 Å². The van der Waals surface area contributed by atoms with Crippen molar-refractivity contribution in [1.29, 1.82) is 0 Å². The zero-order chi connectivity index (χ0) is 16.9. The predicted octanol–water partition coefficient (Wildman–Crippen LogP) is 2.73. The number of carbonyl (C=O) groups is 1. The highest BCUT2D eigenvalue weighted by Gasteiger charge is 2.17. The van der Waals surface area contributed by atoms with E-state index in [1.807, 2.05) is 20.0 Å². The first-order valence-electron chi connectivity index (χ1n) is 8.11. The third kappa shape index (κ3) is 4.73. The van der Waals surface area contributed by atoms with E-state index >= 15 is 0 Å². The van der Waals surface area contributed by atoms with Crippen molar-refractivity contribution in [3.05, 3.63) is 35.5 Å². The van der Waals surface area contributed by atoms with Crippen LogP contribution in [0.2, 0.25) is 0 Å². The SMILES string of the molecule is Cc1cccc2c(CCNC(=O)NCC(C)(C)CCO)c[nH]c12. The average Bonchev–Trinajstić information content (AvgIpc) is 2.90. The van der Waals surface area contributed by atoms with E-state index in [0.717, 1.165) is 11.9 Å². The molecule has 2 rings (SSSR count). The Morgan fingerprint density at radius 1 is 1.30 bits per heavy atom. The molecule has 0 radical (unpaired) electrons. The largest absolute Gasteiger partial charge is 0.396 e. The maximum Gasteiger partial charge on any atom is 0.314 e. The van der Waals surface area contributed by atoms with Crippen molar-refractivity contribution in [3.8, 4) is 0 Å². The fourth-order valence-electron chi connectivity index (χ4n) is 2.65. The molecule has 0 aliphatic heterocycles. The van der Waals surface area contributed by atoms with Crippen LogP contribution in [0.4, 0.5) is 4.79 Å². The molecule has 1 heterocycles. The number of rotatable bonds is 7. The normalized spacial score (nSPS) is 11.7. The number of aromatic nitrogens is 1. The number of benzene rings is 1. The number of aromatic amines is 1. The van der Waals surface area contributed by atoms with Gasteiger partial charge in [-0.1, -0.05) is 32.0 Å². The third-order valence-corrected chi connectivity index (χ3v) is 4.21. The molecule has 0 bridgehead atoms. The summed E-state index contributed by atoms with van der Waals surface area (Å²) in [5.74, 6) is 0. The van der Waals surface area contributed by atoms with Gasteiger partial charge in [0.25, 0.3) is 0 Å². The molecular weight excluding hydrogens is 290 g/mol. The molecular formula is C18H27N3O2. The third-order valence-electron chi connectivity index (χ3n) is 4.21. The lowest BCUT2D eigenvalue weighted by Gasteiger charge is -2.23. The number of fused-ring (bicyclic) bond motifs is 1. The number of amides is 2. The standard InChI is InChI=1S/C18H27N3O2/c1-13-5-4-6-15-14(11-20-16(13)15)7-9-19-17(23)21-12-18(2,3)8-10-22/h4-6,11,20,22H,7-10,12H2,1-3H3,(H2,19,21,23). The molecule has 2 amide bonds. The Bertz CT molecular complexity index is 661. The van der Waals surface area contributed by atoms with Gasteiger partial charge in [0.15, 0.2) is 0 Å². The minimum Gasteiger partial charge on any atom is -0.396 e. The molecule has 0 atom stereocenters. The average molecular weight is 317 g/mol. The minimum absolute atomic E-state index is 0.0968. The molecule has 0 spiro atoms. The summed E-state index contributed by atoms with van der Waals surface area (Å²) in [4.78, 5) is 15.1. The molecule has 2 aromatic rings. The van der Waals surface area contributed by atoms with Crippen LogP contribution in [0.1, 0.15) is 31.4 Å². The second kappa shape index (κ2) is 7.51. The molecule has 0 unspecified atom stereocenters. The lowest BCUT2D eigenvalue weighted by molar-refractivity contribution is 0.201. The van der Waals surface area contributed by atoms with Gasteiger partial charge in [-0.25, -0.2) is 4.79 Å². The lowest BCUT2D eigenvalue weighted by atomic mass is 9.90. The summed E-state index contributed by atoms with van der Waals surface area (Å²) in [7, 11) is 0. The number of aryl methyl sites for hydroxylation is 1. The van der Waals surface area contributed by atoms with Gasteiger partial charge in [-0.3, -0.25) is 0 Å². The first-order chi connectivity index (χ1) is 10.9. The highest BCUT2D eigenvalue weighted by Crippen LogP contribution is 2.21. The molecule has 0 fully saturated rings. The van der Waals surface area contributed by atoms with E-state index < -0.39 is 0 Å². The zero-order valence-electron chi connectivity index (χ0n) is 14.2. The Labute approximate surface area is 137 Å². The van der Waals surface area contributed by atoms with Crippen molar-refractivity contribution in [2.24, 2.45) is 5.41 Å². The first kappa shape index (κ1) is 17.3. The number of aliphatic hydroxyl groups excluding tert-OH is 1. The number of hydrogen-bond donors (Lipinski definition) is 4. The monoisotopic (exact) mass is 317 g/mol. The fraction of sp³-hybridized carbons (Fsp3) is 0.500. The number of nitrogens with one attached hydrogen (secondary N) is 3. The number of H-pyrrole nitrogens is 1. The van der Waals surface area contributed by atoms with E-state index in [1.165, 1.54) is 16.5 Å². The quantitative estimate of drug-likeness (QED) is 0.634. The minimum atomic E-state index is -0.160. The van der Waals surface area contributed by atoms with Crippen LogP contribution in [-0.4, -0.2) is 35.8 Å². The number of para-hydroxylation sites is 1. The fourth-order valence-corrected chi connectivity index (χ4v) is 2.65. The second-order valence-electron chi connectivity index (χ2n) is 6.81. The van der Waals surface area contributed by atoms with Crippen LogP contribution >= 0.6 is 0 Å². The van der Waals surface area contributed by atoms with Crippen molar-refractivity contribution in [1.82, 2.24) is 15.6 Å². The molecule has 0 saturated heterocycles. The van der Waals surface area contributed by atoms with E-state index in [4.69, 9.17) is 5.11 Å². The summed E-state index contributed by atoms with van der Waals surface area (Å²) in [5, 5.41) is 16.0. The number of hydrogen-bond acceptors (Lipinski definition) is 2. The second-order valence-corrected chi connectivity index (χ2v) is 6.81. The van der Waals surface area contributed by atoms with Gasteiger partial charge in [0.1, 0.15) is 0 Å². The van der Waals surface area contributed by atoms with Crippen LogP contribution in [0, 0.1) is 12.3 Å². The summed E-state index contributed by atoms with van der Waals surface area (Å²) in [6, 6.07) is 6.08. The summed E-state index contributed by atoms with van der Waals surface area (Å²) >= 11 is 0. The molecule has 5 nitrogen and oxygen atoms in total. The molecule has 4 N–H and O–H groups in total. The van der Waals surface area contributed by atoms with E-state index in [0.29, 0.717) is 19.5 Å². The van der Waals surface area contributed by atoms with Gasteiger partial charge in [0.2, 0.25) is 0 Å². The topological polar surface area (TPSA) is 77.2 Å². The van der Waals surface area contributed by atoms with Gasteiger partial charge in [0.05, 0.1) is 0 Å². The van der Waals surface area contributed by atoms with Crippen LogP contribution in [0.5, 0.6) is 0 Å². The van der Waals surface area contributed by atoms with Gasteiger partial charge < -0.3 is 20.7 Å². The molecule has 126 valence electrons. The molecule has 0 saturated carbocycles. The highest BCUT2D eigenvalue weighted by atomic mass is 16.3. The first-order valence-corrected chi connectivity index (χ1v) is 8.11. The van der Waals surface area contributed by atoms with Crippen molar-refractivity contribution in [3.63, 3.8) is 0 Å². The Morgan fingerprint density at radius 3 is 2.83 bits per heavy atom. The molecule has 1 aromatic heterocycles. The lowest BCUT2D eigenvalue weighted by Crippen LogP contribution is -2.41. The Hall–Kier alpha value is -2.01. The van der Waals surface area contributed by atoms with E-state index in [9.17, 15) is 4.79 Å². The maximum atomic E-state index is 11.8. The summed E-state index contributed by atoms with van der Waals surface area (Å²) < 4.78 is 0. The summed E-state index contributed by atoms with van der Waals surface area (Å²) in [6.07, 6.45) is 3.47. The van der Waals surface area contributed by atoms with E-state index in [2.05, 4.69) is 40.7 Å². The van der Waals surface area contributed by atoms with Crippen LogP contribution in [0.25, 0.3) is 10.9 Å². The van der Waals surface area contributed by atoms with Gasteiger partial charge in [-0.15, -0.1) is 0 Å². The molecule has 23 heavy (non-hydrogen) atoms. The summed E-state index contributed by atoms with van der Waals surface area (Å²) in [6.45, 7) is 7.41. The highest BCUT2D eigenvalue weighted by molar-refractivity contribution is 5.85. The summed E-state index contributed by atoms with van der Waals surface area (Å²) in [5.41, 5.74) is 3.51. The Balaban J connectivity index is 1.80. The van der Waals surface area contributed by atoms with Crippen molar-refractivity contribution in [2.45, 2.75) is 33.6 Å². The number of urea groups is 1. The zero-order valence-corrected chi connectivity index (χ0v) is 14.2. The van der Waals surface area contributed by atoms with Crippen LogP contribution < -0.4 is 10.6 Å². The Morgan fingerprint density at radius 2 is 2.09 bits per heavy atom. The number of carbonyl (C=O) groups excluding carboxylic acids is 1. The molecule has 0 aliphatic rings. The van der Waals surface area contributed by atoms with Crippen molar-refractivity contribution < 1.29 is 9.90 Å². The van der Waals surface area contributed by atoms with E-state index in [1.54, 1.807) is 0 Å². The maximum absolute atomic E-state index is 11.8. The smallest absolute Gasteiger partial charge is 0.314 e. The molecule has 1 aromatic carbocycles. The van der Waals surface area contributed by atoms with Crippen molar-refractivity contribution in [2.75, 3.05) is 19.7 Å². The molecule has 0 aliphatic carbocycles. The Kier molecular flexibility index (Phi) is 5.66. The van der Waals surface area contributed by atoms with Gasteiger partial charge in [0, 0.05) is 36.8 Å². The van der Waals surface area contributed by atoms with Crippen LogP contribution in [0.3, 0.4) is 0 Å². The predicted molar refractivity (Wildman–Crippen MR) is 93.6 cm³/mol. The van der Waals surface area contributed by atoms with Gasteiger partial charge in [-0.2, -0.15) is 0 Å².